The summed E-state index contributed by atoms with van der Waals surface area (Å²) < 4.78 is 10.8. The van der Waals surface area contributed by atoms with Crippen LogP contribution >= 0.6 is 0 Å². The minimum Gasteiger partial charge on any atom is -0.481 e. The number of hydrogen-bond acceptors (Lipinski definition) is 5. The smallest absolute Gasteiger partial charge is 0.412 e. The van der Waals surface area contributed by atoms with Gasteiger partial charge in [-0.15, -0.1) is 0 Å². The fourth-order valence-corrected chi connectivity index (χ4v) is 4.23. The van der Waals surface area contributed by atoms with Crippen LogP contribution in [0.3, 0.4) is 0 Å². The zero-order chi connectivity index (χ0) is 23.2. The SMILES string of the molecule is Cc1onc(-c2ccc(-c3ccc(C4(C(=O)O)CC4)cc3)cc2)c1NC(=O)OC(C)C1CC1. The highest BCUT2D eigenvalue weighted by Crippen LogP contribution is 2.48. The van der Waals surface area contributed by atoms with Crippen molar-refractivity contribution in [3.63, 3.8) is 0 Å². The molecule has 1 atom stereocenters. The first-order valence-corrected chi connectivity index (χ1v) is 11.3. The summed E-state index contributed by atoms with van der Waals surface area (Å²) in [6.45, 7) is 3.66. The van der Waals surface area contributed by atoms with Crippen molar-refractivity contribution < 1.29 is 24.0 Å². The van der Waals surface area contributed by atoms with E-state index in [2.05, 4.69) is 10.5 Å². The van der Waals surface area contributed by atoms with Crippen LogP contribution in [0.5, 0.6) is 0 Å². The molecule has 0 spiro atoms. The number of aryl methyl sites for hydroxylation is 1. The van der Waals surface area contributed by atoms with Crippen LogP contribution in [0.1, 0.15) is 43.9 Å². The van der Waals surface area contributed by atoms with Gasteiger partial charge in [-0.2, -0.15) is 0 Å². The van der Waals surface area contributed by atoms with Crippen LogP contribution in [0.2, 0.25) is 0 Å². The summed E-state index contributed by atoms with van der Waals surface area (Å²) in [7, 11) is 0. The lowest BCUT2D eigenvalue weighted by Crippen LogP contribution is -2.21. The van der Waals surface area contributed by atoms with Crippen molar-refractivity contribution in [2.75, 3.05) is 5.32 Å². The highest BCUT2D eigenvalue weighted by atomic mass is 16.6. The van der Waals surface area contributed by atoms with Crippen LogP contribution in [0.25, 0.3) is 22.4 Å². The molecule has 0 bridgehead atoms. The Labute approximate surface area is 191 Å². The molecule has 2 N–H and O–H groups in total. The molecule has 3 aromatic rings. The van der Waals surface area contributed by atoms with Gasteiger partial charge in [0.25, 0.3) is 0 Å². The first kappa shape index (κ1) is 21.2. The molecule has 0 saturated heterocycles. The predicted octanol–water partition coefficient (Wildman–Crippen LogP) is 5.78. The zero-order valence-corrected chi connectivity index (χ0v) is 18.6. The maximum Gasteiger partial charge on any atom is 0.412 e. The van der Waals surface area contributed by atoms with Gasteiger partial charge < -0.3 is 14.4 Å². The van der Waals surface area contributed by atoms with Gasteiger partial charge in [0.2, 0.25) is 0 Å². The van der Waals surface area contributed by atoms with E-state index in [9.17, 15) is 14.7 Å². The number of carbonyl (C=O) groups excluding carboxylic acids is 1. The molecular weight excluding hydrogens is 420 g/mol. The summed E-state index contributed by atoms with van der Waals surface area (Å²) in [5.74, 6) is 0.213. The van der Waals surface area contributed by atoms with Gasteiger partial charge in [-0.1, -0.05) is 53.7 Å². The molecule has 33 heavy (non-hydrogen) atoms. The van der Waals surface area contributed by atoms with E-state index >= 15 is 0 Å². The van der Waals surface area contributed by atoms with E-state index < -0.39 is 17.5 Å². The topological polar surface area (TPSA) is 102 Å². The second-order valence-corrected chi connectivity index (χ2v) is 9.08. The minimum absolute atomic E-state index is 0.107. The van der Waals surface area contributed by atoms with Gasteiger partial charge in [-0.3, -0.25) is 10.1 Å². The van der Waals surface area contributed by atoms with E-state index in [0.717, 1.165) is 35.1 Å². The molecule has 0 aliphatic heterocycles. The highest BCUT2D eigenvalue weighted by Gasteiger charge is 2.51. The molecule has 2 aliphatic rings. The van der Waals surface area contributed by atoms with Gasteiger partial charge in [0.1, 0.15) is 17.5 Å². The number of aromatic nitrogens is 1. The summed E-state index contributed by atoms with van der Waals surface area (Å²) in [5.41, 5.74) is 4.00. The van der Waals surface area contributed by atoms with Crippen molar-refractivity contribution >= 4 is 17.7 Å². The molecule has 2 aromatic carbocycles. The largest absolute Gasteiger partial charge is 0.481 e. The lowest BCUT2D eigenvalue weighted by molar-refractivity contribution is -0.140. The van der Waals surface area contributed by atoms with Gasteiger partial charge in [0.05, 0.1) is 5.41 Å². The Morgan fingerprint density at radius 2 is 1.64 bits per heavy atom. The summed E-state index contributed by atoms with van der Waals surface area (Å²) in [6.07, 6.45) is 2.97. The third-order valence-electron chi connectivity index (χ3n) is 6.76. The van der Waals surface area contributed by atoms with E-state index in [1.807, 2.05) is 55.5 Å². The summed E-state index contributed by atoms with van der Waals surface area (Å²) in [5, 5.41) is 16.4. The van der Waals surface area contributed by atoms with Crippen molar-refractivity contribution in [2.24, 2.45) is 5.92 Å². The number of anilines is 1. The number of carbonyl (C=O) groups is 2. The molecule has 1 unspecified atom stereocenters. The Hall–Kier alpha value is -3.61. The summed E-state index contributed by atoms with van der Waals surface area (Å²) in [4.78, 5) is 23.9. The lowest BCUT2D eigenvalue weighted by atomic mass is 9.93. The van der Waals surface area contributed by atoms with Gasteiger partial charge >= 0.3 is 12.1 Å². The molecule has 0 radical (unpaired) electrons. The first-order valence-electron chi connectivity index (χ1n) is 11.3. The molecular formula is C26H26N2O5. The van der Waals surface area contributed by atoms with Crippen molar-refractivity contribution in [3.05, 3.63) is 59.9 Å². The molecule has 170 valence electrons. The normalized spacial score (nSPS) is 17.3. The van der Waals surface area contributed by atoms with Crippen LogP contribution in [0, 0.1) is 12.8 Å². The number of carboxylic acids is 1. The van der Waals surface area contributed by atoms with E-state index in [1.54, 1.807) is 6.92 Å². The molecule has 2 saturated carbocycles. The van der Waals surface area contributed by atoms with E-state index in [1.165, 1.54) is 0 Å². The number of rotatable bonds is 7. The number of benzene rings is 2. The first-order chi connectivity index (χ1) is 15.9. The quantitative estimate of drug-likeness (QED) is 0.477. The number of nitrogens with one attached hydrogen (secondary N) is 1. The Bertz CT molecular complexity index is 1190. The third-order valence-corrected chi connectivity index (χ3v) is 6.76. The van der Waals surface area contributed by atoms with Crippen molar-refractivity contribution in [1.29, 1.82) is 0 Å². The van der Waals surface area contributed by atoms with E-state index in [4.69, 9.17) is 9.26 Å². The van der Waals surface area contributed by atoms with Gasteiger partial charge in [-0.25, -0.2) is 4.79 Å². The molecule has 7 nitrogen and oxygen atoms in total. The molecule has 1 amide bonds. The zero-order valence-electron chi connectivity index (χ0n) is 18.6. The fraction of sp³-hybridized carbons (Fsp3) is 0.346. The second-order valence-electron chi connectivity index (χ2n) is 9.08. The van der Waals surface area contributed by atoms with Crippen molar-refractivity contribution in [3.8, 4) is 22.4 Å². The van der Waals surface area contributed by atoms with E-state index in [-0.39, 0.29) is 6.10 Å². The monoisotopic (exact) mass is 446 g/mol. The fourth-order valence-electron chi connectivity index (χ4n) is 4.23. The van der Waals surface area contributed by atoms with Crippen LogP contribution in [0.15, 0.2) is 53.1 Å². The molecule has 2 fully saturated rings. The van der Waals surface area contributed by atoms with Crippen LogP contribution in [-0.4, -0.2) is 28.4 Å². The third kappa shape index (κ3) is 4.11. The molecule has 2 aliphatic carbocycles. The number of aliphatic carboxylic acids is 1. The lowest BCUT2D eigenvalue weighted by Gasteiger charge is -2.13. The van der Waals surface area contributed by atoms with Crippen LogP contribution in [-0.2, 0) is 14.9 Å². The van der Waals surface area contributed by atoms with Crippen molar-refractivity contribution in [1.82, 2.24) is 5.16 Å². The Morgan fingerprint density at radius 3 is 2.18 bits per heavy atom. The van der Waals surface area contributed by atoms with Gasteiger partial charge in [0.15, 0.2) is 5.76 Å². The summed E-state index contributed by atoms with van der Waals surface area (Å²) in [6, 6.07) is 15.5. The molecule has 5 rings (SSSR count). The standard InChI is InChI=1S/C26H26N2O5/c1-15(17-3-4-17)32-25(31)27-22-16(2)33-28-23(22)20-7-5-18(6-8-20)19-9-11-21(12-10-19)26(13-14-26)24(29)30/h5-12,15,17H,3-4,13-14H2,1-2H3,(H,27,31)(H,29,30). The average molecular weight is 447 g/mol. The Kier molecular flexibility index (Phi) is 5.19. The van der Waals surface area contributed by atoms with E-state index in [0.29, 0.717) is 35.9 Å². The minimum atomic E-state index is -0.752. The Balaban J connectivity index is 1.32. The number of ether oxygens (including phenoxy) is 1. The number of carboxylic acid groups (broad SMARTS) is 1. The number of amides is 1. The van der Waals surface area contributed by atoms with Crippen LogP contribution < -0.4 is 5.32 Å². The molecule has 7 heteroatoms. The number of hydrogen-bond donors (Lipinski definition) is 2. The van der Waals surface area contributed by atoms with Gasteiger partial charge in [-0.05, 0) is 62.1 Å². The molecule has 1 aromatic heterocycles. The number of nitrogens with zero attached hydrogens (tertiary/aromatic N) is 1. The second kappa shape index (κ2) is 8.06. The average Bonchev–Trinajstić information content (AvgIpc) is 3.73. The maximum atomic E-state index is 12.3. The Morgan fingerprint density at radius 1 is 1.06 bits per heavy atom. The van der Waals surface area contributed by atoms with Gasteiger partial charge in [0, 0.05) is 5.56 Å². The molecule has 1 heterocycles. The summed E-state index contributed by atoms with van der Waals surface area (Å²) >= 11 is 0. The highest BCUT2D eigenvalue weighted by molar-refractivity contribution is 5.91. The predicted molar refractivity (Wildman–Crippen MR) is 123 cm³/mol. The maximum absolute atomic E-state index is 12.3. The van der Waals surface area contributed by atoms with Crippen molar-refractivity contribution in [2.45, 2.75) is 51.0 Å². The van der Waals surface area contributed by atoms with Crippen LogP contribution in [0.4, 0.5) is 10.5 Å².